The zero-order chi connectivity index (χ0) is 21.3. The molecular formula is C21H38IN5O2S. The van der Waals surface area contributed by atoms with Gasteiger partial charge < -0.3 is 10.6 Å². The summed E-state index contributed by atoms with van der Waals surface area (Å²) in [6, 6.07) is 11.2. The standard InChI is InChI=1S/C21H37N5O2S.HI/c1-5-29(27,28)26-15-12-20(13-16-26)24-21(22-3)23-14-11-18(2)25(4)17-19-9-7-6-8-10-19;/h6-10,18,20H,5,11-17H2,1-4H3,(H2,22,23,24);1H. The van der Waals surface area contributed by atoms with E-state index < -0.39 is 10.0 Å². The predicted molar refractivity (Wildman–Crippen MR) is 136 cm³/mol. The van der Waals surface area contributed by atoms with E-state index in [1.807, 2.05) is 6.07 Å². The number of piperidine rings is 1. The summed E-state index contributed by atoms with van der Waals surface area (Å²) < 4.78 is 25.6. The molecule has 1 heterocycles. The van der Waals surface area contributed by atoms with Crippen LogP contribution in [-0.2, 0) is 16.6 Å². The Labute approximate surface area is 199 Å². The molecule has 1 aliphatic rings. The van der Waals surface area contributed by atoms with Gasteiger partial charge in [0.15, 0.2) is 5.96 Å². The van der Waals surface area contributed by atoms with Crippen LogP contribution in [0.1, 0.15) is 38.7 Å². The Hall–Kier alpha value is -0.910. The van der Waals surface area contributed by atoms with Gasteiger partial charge in [0.1, 0.15) is 0 Å². The Morgan fingerprint density at radius 2 is 1.90 bits per heavy atom. The van der Waals surface area contributed by atoms with Gasteiger partial charge in [-0.1, -0.05) is 30.3 Å². The number of nitrogens with one attached hydrogen (secondary N) is 2. The first-order valence-electron chi connectivity index (χ1n) is 10.5. The molecule has 2 rings (SSSR count). The summed E-state index contributed by atoms with van der Waals surface area (Å²) in [5.41, 5.74) is 1.32. The number of rotatable bonds is 9. The number of nitrogens with zero attached hydrogens (tertiary/aromatic N) is 3. The Kier molecular flexibility index (Phi) is 12.2. The van der Waals surface area contributed by atoms with Gasteiger partial charge in [-0.25, -0.2) is 12.7 Å². The molecule has 1 aromatic carbocycles. The van der Waals surface area contributed by atoms with Crippen molar-refractivity contribution in [3.8, 4) is 0 Å². The highest BCUT2D eigenvalue weighted by atomic mass is 127. The Morgan fingerprint density at radius 3 is 2.47 bits per heavy atom. The van der Waals surface area contributed by atoms with Crippen molar-refractivity contribution in [3.05, 3.63) is 35.9 Å². The summed E-state index contributed by atoms with van der Waals surface area (Å²) in [6.07, 6.45) is 2.61. The number of aliphatic imine (C=N–C) groups is 1. The van der Waals surface area contributed by atoms with Gasteiger partial charge in [-0.2, -0.15) is 0 Å². The van der Waals surface area contributed by atoms with E-state index >= 15 is 0 Å². The number of benzene rings is 1. The largest absolute Gasteiger partial charge is 0.356 e. The molecule has 0 spiro atoms. The number of hydrogen-bond acceptors (Lipinski definition) is 4. The van der Waals surface area contributed by atoms with Crippen molar-refractivity contribution in [1.29, 1.82) is 0 Å². The molecule has 1 saturated heterocycles. The van der Waals surface area contributed by atoms with Gasteiger partial charge in [0.25, 0.3) is 0 Å². The first kappa shape index (κ1) is 27.1. The van der Waals surface area contributed by atoms with Crippen LogP contribution in [-0.4, -0.2) is 75.1 Å². The molecule has 1 aromatic rings. The van der Waals surface area contributed by atoms with Crippen LogP contribution >= 0.6 is 24.0 Å². The highest BCUT2D eigenvalue weighted by Crippen LogP contribution is 2.14. The van der Waals surface area contributed by atoms with Crippen molar-refractivity contribution >= 4 is 40.0 Å². The van der Waals surface area contributed by atoms with Crippen LogP contribution in [0.25, 0.3) is 0 Å². The maximum atomic E-state index is 12.0. The normalized spacial score (nSPS) is 17.4. The van der Waals surface area contributed by atoms with Gasteiger partial charge in [-0.05, 0) is 45.7 Å². The molecule has 2 N–H and O–H groups in total. The molecule has 0 aliphatic carbocycles. The summed E-state index contributed by atoms with van der Waals surface area (Å²) in [6.45, 7) is 6.87. The molecule has 0 radical (unpaired) electrons. The number of halogens is 1. The highest BCUT2D eigenvalue weighted by Gasteiger charge is 2.27. The molecule has 30 heavy (non-hydrogen) atoms. The molecule has 1 aliphatic heterocycles. The Balaban J connectivity index is 0.00000450. The summed E-state index contributed by atoms with van der Waals surface area (Å²) in [5.74, 6) is 0.963. The quantitative estimate of drug-likeness (QED) is 0.280. The van der Waals surface area contributed by atoms with Gasteiger partial charge in [0.2, 0.25) is 10.0 Å². The van der Waals surface area contributed by atoms with Crippen LogP contribution in [0.4, 0.5) is 0 Å². The molecule has 0 amide bonds. The molecule has 172 valence electrons. The number of sulfonamides is 1. The third-order valence-corrected chi connectivity index (χ3v) is 7.54. The summed E-state index contributed by atoms with van der Waals surface area (Å²) in [5, 5.41) is 6.84. The van der Waals surface area contributed by atoms with E-state index in [4.69, 9.17) is 0 Å². The van der Waals surface area contributed by atoms with E-state index in [1.165, 1.54) is 5.56 Å². The molecule has 1 unspecified atom stereocenters. The van der Waals surface area contributed by atoms with E-state index in [-0.39, 0.29) is 35.8 Å². The van der Waals surface area contributed by atoms with Crippen molar-refractivity contribution in [3.63, 3.8) is 0 Å². The SMILES string of the molecule is CCS(=O)(=O)N1CCC(NC(=NC)NCCC(C)N(C)Cc2ccccc2)CC1.I. The van der Waals surface area contributed by atoms with E-state index in [9.17, 15) is 8.42 Å². The van der Waals surface area contributed by atoms with Gasteiger partial charge in [0.05, 0.1) is 5.75 Å². The molecule has 1 atom stereocenters. The van der Waals surface area contributed by atoms with Crippen LogP contribution < -0.4 is 10.6 Å². The second-order valence-corrected chi connectivity index (χ2v) is 10.0. The van der Waals surface area contributed by atoms with Crippen molar-refractivity contribution in [2.75, 3.05) is 39.5 Å². The highest BCUT2D eigenvalue weighted by molar-refractivity contribution is 14.0. The lowest BCUT2D eigenvalue weighted by Gasteiger charge is -2.32. The maximum absolute atomic E-state index is 12.0. The fraction of sp³-hybridized carbons (Fsp3) is 0.667. The molecule has 7 nitrogen and oxygen atoms in total. The molecule has 0 bridgehead atoms. The smallest absolute Gasteiger partial charge is 0.213 e. The van der Waals surface area contributed by atoms with E-state index in [1.54, 1.807) is 18.3 Å². The van der Waals surface area contributed by atoms with Crippen LogP contribution in [0.5, 0.6) is 0 Å². The lowest BCUT2D eigenvalue weighted by molar-refractivity contribution is 0.238. The van der Waals surface area contributed by atoms with Crippen LogP contribution in [0.2, 0.25) is 0 Å². The maximum Gasteiger partial charge on any atom is 0.213 e. The Bertz CT molecular complexity index is 737. The van der Waals surface area contributed by atoms with Crippen molar-refractivity contribution in [2.24, 2.45) is 4.99 Å². The van der Waals surface area contributed by atoms with Gasteiger partial charge >= 0.3 is 0 Å². The molecule has 9 heteroatoms. The van der Waals surface area contributed by atoms with Gasteiger partial charge in [-0.15, -0.1) is 24.0 Å². The minimum Gasteiger partial charge on any atom is -0.356 e. The lowest BCUT2D eigenvalue weighted by Crippen LogP contribution is -2.50. The average Bonchev–Trinajstić information content (AvgIpc) is 2.74. The summed E-state index contributed by atoms with van der Waals surface area (Å²) in [4.78, 5) is 6.68. The fourth-order valence-electron chi connectivity index (χ4n) is 3.50. The van der Waals surface area contributed by atoms with Crippen LogP contribution in [0.15, 0.2) is 35.3 Å². The molecule has 1 fully saturated rings. The zero-order valence-corrected chi connectivity index (χ0v) is 21.8. The zero-order valence-electron chi connectivity index (χ0n) is 18.7. The van der Waals surface area contributed by atoms with Crippen LogP contribution in [0.3, 0.4) is 0 Å². The number of hydrogen-bond donors (Lipinski definition) is 2. The third kappa shape index (κ3) is 8.68. The second-order valence-electron chi connectivity index (χ2n) is 7.76. The summed E-state index contributed by atoms with van der Waals surface area (Å²) in [7, 11) is 0.852. The monoisotopic (exact) mass is 551 g/mol. The summed E-state index contributed by atoms with van der Waals surface area (Å²) >= 11 is 0. The predicted octanol–water partition coefficient (Wildman–Crippen LogP) is 2.49. The molecular weight excluding hydrogens is 513 g/mol. The average molecular weight is 552 g/mol. The topological polar surface area (TPSA) is 77.0 Å². The first-order valence-corrected chi connectivity index (χ1v) is 12.2. The number of guanidine groups is 1. The van der Waals surface area contributed by atoms with Crippen LogP contribution in [0, 0.1) is 0 Å². The Morgan fingerprint density at radius 1 is 1.27 bits per heavy atom. The third-order valence-electron chi connectivity index (χ3n) is 5.66. The van der Waals surface area contributed by atoms with Gasteiger partial charge in [0, 0.05) is 45.3 Å². The molecule has 0 saturated carbocycles. The van der Waals surface area contributed by atoms with Crippen molar-refractivity contribution in [1.82, 2.24) is 19.8 Å². The van der Waals surface area contributed by atoms with Gasteiger partial charge in [-0.3, -0.25) is 9.89 Å². The van der Waals surface area contributed by atoms with E-state index in [2.05, 4.69) is 58.8 Å². The minimum atomic E-state index is -3.08. The van der Waals surface area contributed by atoms with Crippen molar-refractivity contribution < 1.29 is 8.42 Å². The second kappa shape index (κ2) is 13.5. The molecule has 0 aromatic heterocycles. The van der Waals surface area contributed by atoms with E-state index in [0.29, 0.717) is 19.1 Å². The van der Waals surface area contributed by atoms with E-state index in [0.717, 1.165) is 38.3 Å². The van der Waals surface area contributed by atoms with Crippen molar-refractivity contribution in [2.45, 2.75) is 51.7 Å². The fourth-order valence-corrected chi connectivity index (χ4v) is 4.63. The lowest BCUT2D eigenvalue weighted by atomic mass is 10.1. The first-order chi connectivity index (χ1) is 13.9. The minimum absolute atomic E-state index is 0.